The molecule has 2 aliphatic rings. The molecule has 138 valence electrons. The van der Waals surface area contributed by atoms with Gasteiger partial charge >= 0.3 is 5.97 Å². The standard InChI is InChI=1S/C21H36O3/c1-16(2)14-24-21(22)19(15-23-3)20(17-10-6-4-7-11-17)18-12-8-5-9-13-18/h16-18H,4-15H2,1-3H3. The Kier molecular flexibility index (Phi) is 8.31. The van der Waals surface area contributed by atoms with Crippen molar-refractivity contribution in [3.63, 3.8) is 0 Å². The number of hydrogen-bond acceptors (Lipinski definition) is 3. The van der Waals surface area contributed by atoms with Crippen LogP contribution in [0.4, 0.5) is 0 Å². The smallest absolute Gasteiger partial charge is 0.336 e. The van der Waals surface area contributed by atoms with E-state index >= 15 is 0 Å². The number of carbonyl (C=O) groups is 1. The molecule has 0 amide bonds. The van der Waals surface area contributed by atoms with Gasteiger partial charge in [-0.1, -0.05) is 57.9 Å². The molecule has 0 aromatic heterocycles. The van der Waals surface area contributed by atoms with E-state index in [4.69, 9.17) is 9.47 Å². The number of allylic oxidation sites excluding steroid dienone is 1. The number of rotatable bonds is 7. The number of ether oxygens (including phenoxy) is 2. The molecule has 2 rings (SSSR count). The fourth-order valence-electron chi connectivity index (χ4n) is 4.39. The van der Waals surface area contributed by atoms with Crippen LogP contribution in [0.2, 0.25) is 0 Å². The van der Waals surface area contributed by atoms with Crippen molar-refractivity contribution in [3.8, 4) is 0 Å². The zero-order chi connectivity index (χ0) is 17.4. The summed E-state index contributed by atoms with van der Waals surface area (Å²) in [5.74, 6) is 1.37. The van der Waals surface area contributed by atoms with Gasteiger partial charge in [0, 0.05) is 7.11 Å². The lowest BCUT2D eigenvalue weighted by Crippen LogP contribution is -2.26. The third kappa shape index (κ3) is 5.61. The fraction of sp³-hybridized carbons (Fsp3) is 0.857. The molecule has 3 heteroatoms. The average molecular weight is 337 g/mol. The Hall–Kier alpha value is -0.830. The normalized spacial score (nSPS) is 20.2. The minimum Gasteiger partial charge on any atom is -0.462 e. The van der Waals surface area contributed by atoms with Crippen LogP contribution in [0.3, 0.4) is 0 Å². The summed E-state index contributed by atoms with van der Waals surface area (Å²) in [6.07, 6.45) is 12.8. The lowest BCUT2D eigenvalue weighted by molar-refractivity contribution is -0.140. The Balaban J connectivity index is 2.28. The van der Waals surface area contributed by atoms with Gasteiger partial charge in [-0.25, -0.2) is 4.79 Å². The van der Waals surface area contributed by atoms with E-state index in [1.807, 2.05) is 0 Å². The van der Waals surface area contributed by atoms with E-state index in [1.165, 1.54) is 69.8 Å². The van der Waals surface area contributed by atoms with E-state index in [0.29, 0.717) is 31.0 Å². The molecule has 2 saturated carbocycles. The average Bonchev–Trinajstić information content (AvgIpc) is 2.61. The Morgan fingerprint density at radius 3 is 1.83 bits per heavy atom. The molecule has 0 aromatic rings. The number of hydrogen-bond donors (Lipinski definition) is 0. The molecular weight excluding hydrogens is 300 g/mol. The highest BCUT2D eigenvalue weighted by atomic mass is 16.5. The minimum atomic E-state index is -0.128. The van der Waals surface area contributed by atoms with Gasteiger partial charge in [0.1, 0.15) is 0 Å². The van der Waals surface area contributed by atoms with Crippen LogP contribution in [0.25, 0.3) is 0 Å². The van der Waals surface area contributed by atoms with E-state index in [-0.39, 0.29) is 5.97 Å². The van der Waals surface area contributed by atoms with E-state index in [9.17, 15) is 4.79 Å². The summed E-state index contributed by atoms with van der Waals surface area (Å²) >= 11 is 0. The number of carbonyl (C=O) groups excluding carboxylic acids is 1. The molecule has 0 aromatic carbocycles. The molecule has 0 atom stereocenters. The van der Waals surface area contributed by atoms with Crippen molar-refractivity contribution in [2.75, 3.05) is 20.3 Å². The first-order valence-corrected chi connectivity index (χ1v) is 10.0. The molecule has 3 nitrogen and oxygen atoms in total. The van der Waals surface area contributed by atoms with Gasteiger partial charge in [-0.3, -0.25) is 0 Å². The molecule has 2 fully saturated rings. The van der Waals surface area contributed by atoms with Gasteiger partial charge in [0.15, 0.2) is 0 Å². The van der Waals surface area contributed by atoms with Crippen molar-refractivity contribution in [3.05, 3.63) is 11.1 Å². The van der Waals surface area contributed by atoms with Crippen LogP contribution in [0.1, 0.15) is 78.1 Å². The maximum absolute atomic E-state index is 12.8. The molecule has 0 spiro atoms. The molecule has 0 radical (unpaired) electrons. The molecule has 2 aliphatic carbocycles. The van der Waals surface area contributed by atoms with Gasteiger partial charge in [0.25, 0.3) is 0 Å². The molecule has 0 saturated heterocycles. The molecule has 0 unspecified atom stereocenters. The second-order valence-corrected chi connectivity index (χ2v) is 8.03. The molecule has 0 bridgehead atoms. The van der Waals surface area contributed by atoms with Crippen LogP contribution in [0, 0.1) is 17.8 Å². The quantitative estimate of drug-likeness (QED) is 0.468. The van der Waals surface area contributed by atoms with Gasteiger partial charge in [-0.2, -0.15) is 0 Å². The van der Waals surface area contributed by atoms with E-state index in [2.05, 4.69) is 13.8 Å². The lowest BCUT2D eigenvalue weighted by Gasteiger charge is -2.34. The molecular formula is C21H36O3. The predicted molar refractivity (Wildman–Crippen MR) is 97.8 cm³/mol. The number of esters is 1. The van der Waals surface area contributed by atoms with Gasteiger partial charge in [0.05, 0.1) is 18.8 Å². The first-order chi connectivity index (χ1) is 11.6. The topological polar surface area (TPSA) is 35.5 Å². The second-order valence-electron chi connectivity index (χ2n) is 8.03. The van der Waals surface area contributed by atoms with Crippen LogP contribution in [0.15, 0.2) is 11.1 Å². The Morgan fingerprint density at radius 1 is 0.917 bits per heavy atom. The molecule has 0 aliphatic heterocycles. The Bertz CT molecular complexity index is 393. The summed E-state index contributed by atoms with van der Waals surface area (Å²) in [5, 5.41) is 0. The van der Waals surface area contributed by atoms with Crippen LogP contribution < -0.4 is 0 Å². The highest BCUT2D eigenvalue weighted by molar-refractivity contribution is 5.90. The largest absolute Gasteiger partial charge is 0.462 e. The zero-order valence-corrected chi connectivity index (χ0v) is 15.9. The van der Waals surface area contributed by atoms with Crippen LogP contribution >= 0.6 is 0 Å². The third-order valence-electron chi connectivity index (χ3n) is 5.52. The summed E-state index contributed by atoms with van der Waals surface area (Å²) < 4.78 is 11.0. The summed E-state index contributed by atoms with van der Waals surface area (Å²) in [4.78, 5) is 12.8. The predicted octanol–water partition coefficient (Wildman–Crippen LogP) is 5.29. The van der Waals surface area contributed by atoms with E-state index < -0.39 is 0 Å². The highest BCUT2D eigenvalue weighted by Crippen LogP contribution is 2.41. The molecule has 0 heterocycles. The summed E-state index contributed by atoms with van der Waals surface area (Å²) in [6, 6.07) is 0. The van der Waals surface area contributed by atoms with Crippen LogP contribution in [0.5, 0.6) is 0 Å². The van der Waals surface area contributed by atoms with Crippen molar-refractivity contribution in [1.29, 1.82) is 0 Å². The maximum Gasteiger partial charge on any atom is 0.336 e. The minimum absolute atomic E-state index is 0.128. The van der Waals surface area contributed by atoms with Gasteiger partial charge in [0.2, 0.25) is 0 Å². The Morgan fingerprint density at radius 2 is 1.42 bits per heavy atom. The SMILES string of the molecule is COCC(C(=O)OCC(C)C)=C(C1CCCCC1)C1CCCCC1. The van der Waals surface area contributed by atoms with Crippen molar-refractivity contribution in [2.45, 2.75) is 78.1 Å². The summed E-state index contributed by atoms with van der Waals surface area (Å²) in [5.41, 5.74) is 2.25. The first-order valence-electron chi connectivity index (χ1n) is 10.0. The number of methoxy groups -OCH3 is 1. The fourth-order valence-corrected chi connectivity index (χ4v) is 4.39. The van der Waals surface area contributed by atoms with Crippen LogP contribution in [-0.4, -0.2) is 26.3 Å². The summed E-state index contributed by atoms with van der Waals surface area (Å²) in [7, 11) is 1.69. The van der Waals surface area contributed by atoms with E-state index in [1.54, 1.807) is 7.11 Å². The van der Waals surface area contributed by atoms with Crippen molar-refractivity contribution < 1.29 is 14.3 Å². The lowest BCUT2D eigenvalue weighted by atomic mass is 9.72. The zero-order valence-electron chi connectivity index (χ0n) is 15.9. The van der Waals surface area contributed by atoms with E-state index in [0.717, 1.165) is 5.57 Å². The summed E-state index contributed by atoms with van der Waals surface area (Å²) in [6.45, 7) is 5.06. The highest BCUT2D eigenvalue weighted by Gasteiger charge is 2.31. The van der Waals surface area contributed by atoms with Crippen molar-refractivity contribution in [1.82, 2.24) is 0 Å². The first kappa shape index (κ1) is 19.5. The van der Waals surface area contributed by atoms with Gasteiger partial charge in [-0.05, 0) is 43.4 Å². The van der Waals surface area contributed by atoms with Gasteiger partial charge in [-0.15, -0.1) is 0 Å². The van der Waals surface area contributed by atoms with Crippen molar-refractivity contribution >= 4 is 5.97 Å². The molecule has 0 N–H and O–H groups in total. The van der Waals surface area contributed by atoms with Gasteiger partial charge < -0.3 is 9.47 Å². The molecule has 24 heavy (non-hydrogen) atoms. The third-order valence-corrected chi connectivity index (χ3v) is 5.52. The van der Waals surface area contributed by atoms with Crippen molar-refractivity contribution in [2.24, 2.45) is 17.8 Å². The maximum atomic E-state index is 12.8. The monoisotopic (exact) mass is 336 g/mol. The van der Waals surface area contributed by atoms with Crippen LogP contribution in [-0.2, 0) is 14.3 Å². The second kappa shape index (κ2) is 10.2. The Labute approximate surface area is 148 Å².